The summed E-state index contributed by atoms with van der Waals surface area (Å²) in [5, 5.41) is 11.5. The molecule has 0 saturated heterocycles. The Morgan fingerprint density at radius 3 is 2.55 bits per heavy atom. The molecule has 1 aromatic heterocycles. The first-order valence-corrected chi connectivity index (χ1v) is 10.4. The van der Waals surface area contributed by atoms with Crippen LogP contribution < -0.4 is 5.32 Å². The van der Waals surface area contributed by atoms with E-state index in [1.54, 1.807) is 0 Å². The number of carbonyl (C=O) groups is 1. The molecule has 152 valence electrons. The van der Waals surface area contributed by atoms with Gasteiger partial charge < -0.3 is 14.6 Å². The number of aromatic nitrogens is 2. The van der Waals surface area contributed by atoms with E-state index in [4.69, 9.17) is 4.42 Å². The molecule has 0 saturated carbocycles. The normalized spacial score (nSPS) is 12.2. The van der Waals surface area contributed by atoms with Crippen molar-refractivity contribution in [2.45, 2.75) is 25.1 Å². The molecule has 2 aromatic carbocycles. The molecular weight excluding hydrogens is 384 g/mol. The molecule has 0 bridgehead atoms. The van der Waals surface area contributed by atoms with E-state index in [1.807, 2.05) is 57.4 Å². The lowest BCUT2D eigenvalue weighted by molar-refractivity contribution is -0.118. The van der Waals surface area contributed by atoms with Gasteiger partial charge in [0.15, 0.2) is 0 Å². The third kappa shape index (κ3) is 5.68. The van der Waals surface area contributed by atoms with Crippen molar-refractivity contribution in [1.29, 1.82) is 0 Å². The maximum absolute atomic E-state index is 12.3. The van der Waals surface area contributed by atoms with Gasteiger partial charge in [-0.05, 0) is 56.8 Å². The first-order valence-electron chi connectivity index (χ1n) is 9.46. The minimum Gasteiger partial charge on any atom is -0.411 e. The third-order valence-electron chi connectivity index (χ3n) is 4.79. The van der Waals surface area contributed by atoms with Gasteiger partial charge in [0, 0.05) is 12.1 Å². The number of likely N-dealkylation sites (N-methyl/N-ethyl adjacent to an activating group) is 1. The summed E-state index contributed by atoms with van der Waals surface area (Å²) in [5.41, 5.74) is 4.43. The van der Waals surface area contributed by atoms with Gasteiger partial charge in [-0.2, -0.15) is 0 Å². The molecule has 0 radical (unpaired) electrons. The summed E-state index contributed by atoms with van der Waals surface area (Å²) in [6.45, 7) is 4.64. The standard InChI is InChI=1S/C22H26N4O2S/c1-15-10-11-18(12-16(15)2)21-24-25-22(28-21)29-14-20(27)23-13-19(26(3)4)17-8-6-5-7-9-17/h5-12,19H,13-14H2,1-4H3,(H,23,27)/t19-/m1/s1. The molecule has 3 rings (SSSR count). The summed E-state index contributed by atoms with van der Waals surface area (Å²) in [6.07, 6.45) is 0. The molecule has 0 aliphatic heterocycles. The van der Waals surface area contributed by atoms with Crippen LogP contribution in [0.2, 0.25) is 0 Å². The topological polar surface area (TPSA) is 71.3 Å². The van der Waals surface area contributed by atoms with Crippen molar-refractivity contribution in [2.75, 3.05) is 26.4 Å². The number of hydrogen-bond donors (Lipinski definition) is 1. The average Bonchev–Trinajstić information content (AvgIpc) is 3.18. The van der Waals surface area contributed by atoms with Gasteiger partial charge in [0.1, 0.15) is 0 Å². The molecule has 3 aromatic rings. The van der Waals surface area contributed by atoms with Crippen molar-refractivity contribution in [3.05, 3.63) is 65.2 Å². The fraction of sp³-hybridized carbons (Fsp3) is 0.318. The second kappa shape index (κ2) is 9.71. The van der Waals surface area contributed by atoms with Gasteiger partial charge >= 0.3 is 0 Å². The number of nitrogens with one attached hydrogen (secondary N) is 1. The predicted molar refractivity (Wildman–Crippen MR) is 116 cm³/mol. The predicted octanol–water partition coefficient (Wildman–Crippen LogP) is 3.86. The van der Waals surface area contributed by atoms with Crippen LogP contribution >= 0.6 is 11.8 Å². The zero-order chi connectivity index (χ0) is 20.8. The number of aryl methyl sites for hydroxylation is 2. The zero-order valence-corrected chi connectivity index (χ0v) is 18.0. The Kier molecular flexibility index (Phi) is 7.06. The minimum atomic E-state index is -0.0660. The summed E-state index contributed by atoms with van der Waals surface area (Å²) >= 11 is 1.24. The number of thioether (sulfide) groups is 1. The molecule has 1 N–H and O–H groups in total. The second-order valence-electron chi connectivity index (χ2n) is 7.16. The number of amides is 1. The number of rotatable bonds is 8. The molecule has 0 spiro atoms. The molecule has 0 fully saturated rings. The maximum Gasteiger partial charge on any atom is 0.277 e. The van der Waals surface area contributed by atoms with Crippen LogP contribution in [-0.4, -0.2) is 47.4 Å². The maximum atomic E-state index is 12.3. The van der Waals surface area contributed by atoms with Gasteiger partial charge in [-0.25, -0.2) is 0 Å². The fourth-order valence-electron chi connectivity index (χ4n) is 2.92. The van der Waals surface area contributed by atoms with E-state index in [0.29, 0.717) is 17.7 Å². The van der Waals surface area contributed by atoms with Gasteiger partial charge in [-0.15, -0.1) is 10.2 Å². The number of carbonyl (C=O) groups excluding carboxylic acids is 1. The summed E-state index contributed by atoms with van der Waals surface area (Å²) in [7, 11) is 4.01. The van der Waals surface area contributed by atoms with Gasteiger partial charge in [0.2, 0.25) is 11.8 Å². The first-order chi connectivity index (χ1) is 13.9. The summed E-state index contributed by atoms with van der Waals surface area (Å²) in [5.74, 6) is 0.625. The highest BCUT2D eigenvalue weighted by molar-refractivity contribution is 7.99. The van der Waals surface area contributed by atoms with Gasteiger partial charge in [-0.3, -0.25) is 4.79 Å². The van der Waals surface area contributed by atoms with Crippen LogP contribution in [0, 0.1) is 13.8 Å². The van der Waals surface area contributed by atoms with Crippen LogP contribution in [0.1, 0.15) is 22.7 Å². The van der Waals surface area contributed by atoms with E-state index >= 15 is 0 Å². The Balaban J connectivity index is 1.53. The van der Waals surface area contributed by atoms with Crippen LogP contribution in [0.25, 0.3) is 11.5 Å². The van der Waals surface area contributed by atoms with Crippen molar-refractivity contribution >= 4 is 17.7 Å². The van der Waals surface area contributed by atoms with Crippen molar-refractivity contribution < 1.29 is 9.21 Å². The van der Waals surface area contributed by atoms with E-state index in [2.05, 4.69) is 39.5 Å². The lowest BCUT2D eigenvalue weighted by Gasteiger charge is -2.25. The molecule has 0 aliphatic rings. The molecule has 29 heavy (non-hydrogen) atoms. The van der Waals surface area contributed by atoms with Gasteiger partial charge in [0.05, 0.1) is 11.8 Å². The molecular formula is C22H26N4O2S. The zero-order valence-electron chi connectivity index (χ0n) is 17.2. The van der Waals surface area contributed by atoms with Crippen LogP contribution in [0.3, 0.4) is 0 Å². The Morgan fingerprint density at radius 1 is 1.10 bits per heavy atom. The van der Waals surface area contributed by atoms with Gasteiger partial charge in [0.25, 0.3) is 5.22 Å². The third-order valence-corrected chi connectivity index (χ3v) is 5.61. The van der Waals surface area contributed by atoms with Crippen LogP contribution in [0.4, 0.5) is 0 Å². The molecule has 1 atom stereocenters. The summed E-state index contributed by atoms with van der Waals surface area (Å²) in [6, 6.07) is 16.3. The van der Waals surface area contributed by atoms with E-state index in [9.17, 15) is 4.79 Å². The molecule has 1 heterocycles. The lowest BCUT2D eigenvalue weighted by Crippen LogP contribution is -2.35. The van der Waals surface area contributed by atoms with Crippen molar-refractivity contribution in [1.82, 2.24) is 20.4 Å². The molecule has 0 unspecified atom stereocenters. The molecule has 0 aliphatic carbocycles. The minimum absolute atomic E-state index is 0.0660. The summed E-state index contributed by atoms with van der Waals surface area (Å²) < 4.78 is 5.70. The smallest absolute Gasteiger partial charge is 0.277 e. The Morgan fingerprint density at radius 2 is 1.86 bits per heavy atom. The molecule has 7 heteroatoms. The molecule has 6 nitrogen and oxygen atoms in total. The van der Waals surface area contributed by atoms with E-state index < -0.39 is 0 Å². The van der Waals surface area contributed by atoms with Gasteiger partial charge in [-0.1, -0.05) is 48.2 Å². The summed E-state index contributed by atoms with van der Waals surface area (Å²) in [4.78, 5) is 14.4. The number of hydrogen-bond acceptors (Lipinski definition) is 6. The van der Waals surface area contributed by atoms with Crippen LogP contribution in [0.15, 0.2) is 58.2 Å². The Bertz CT molecular complexity index is 956. The largest absolute Gasteiger partial charge is 0.411 e. The highest BCUT2D eigenvalue weighted by Gasteiger charge is 2.16. The fourth-order valence-corrected chi connectivity index (χ4v) is 3.51. The van der Waals surface area contributed by atoms with Crippen LogP contribution in [-0.2, 0) is 4.79 Å². The Hall–Kier alpha value is -2.64. The SMILES string of the molecule is Cc1ccc(-c2nnc(SCC(=O)NC[C@H](c3ccccc3)N(C)C)o2)cc1C. The van der Waals surface area contributed by atoms with Crippen molar-refractivity contribution in [3.8, 4) is 11.5 Å². The van der Waals surface area contributed by atoms with E-state index in [1.165, 1.54) is 28.5 Å². The van der Waals surface area contributed by atoms with E-state index in [0.717, 1.165) is 5.56 Å². The number of benzene rings is 2. The lowest BCUT2D eigenvalue weighted by atomic mass is 10.1. The quantitative estimate of drug-likeness (QED) is 0.569. The average molecular weight is 411 g/mol. The monoisotopic (exact) mass is 410 g/mol. The van der Waals surface area contributed by atoms with Crippen molar-refractivity contribution in [2.24, 2.45) is 0 Å². The second-order valence-corrected chi connectivity index (χ2v) is 8.08. The highest BCUT2D eigenvalue weighted by Crippen LogP contribution is 2.25. The molecule has 1 amide bonds. The number of nitrogens with zero attached hydrogens (tertiary/aromatic N) is 3. The Labute approximate surface area is 175 Å². The van der Waals surface area contributed by atoms with Crippen LogP contribution in [0.5, 0.6) is 0 Å². The highest BCUT2D eigenvalue weighted by atomic mass is 32.2. The van der Waals surface area contributed by atoms with E-state index in [-0.39, 0.29) is 17.7 Å². The first kappa shape index (κ1) is 21.1. The van der Waals surface area contributed by atoms with Crippen molar-refractivity contribution in [3.63, 3.8) is 0 Å².